The largest absolute Gasteiger partial charge is 0.456 e. The van der Waals surface area contributed by atoms with Crippen molar-refractivity contribution in [3.63, 3.8) is 0 Å². The average Bonchev–Trinajstić information content (AvgIpc) is 3.27. The van der Waals surface area contributed by atoms with E-state index < -0.39 is 0 Å². The van der Waals surface area contributed by atoms with Crippen molar-refractivity contribution < 1.29 is 4.42 Å². The van der Waals surface area contributed by atoms with E-state index in [9.17, 15) is 0 Å². The Morgan fingerprint density at radius 2 is 1.24 bits per heavy atom. The first-order valence-electron chi connectivity index (χ1n) is 11.0. The summed E-state index contributed by atoms with van der Waals surface area (Å²) in [5.41, 5.74) is 9.58. The zero-order chi connectivity index (χ0) is 22.2. The van der Waals surface area contributed by atoms with E-state index in [0.717, 1.165) is 33.1 Å². The SMILES string of the molecule is N=Cc1cccc2oc3ccc(-c4ccc(-c5ccccc5)cc4-c4ccccc4)cc3c12. The Kier molecular flexibility index (Phi) is 4.63. The Balaban J connectivity index is 1.60. The molecular formula is C31H21NO. The van der Waals surface area contributed by atoms with Crippen LogP contribution in [0.3, 0.4) is 0 Å². The van der Waals surface area contributed by atoms with Crippen molar-refractivity contribution in [2.45, 2.75) is 0 Å². The molecule has 1 aromatic heterocycles. The van der Waals surface area contributed by atoms with Gasteiger partial charge in [0.05, 0.1) is 0 Å². The Bertz CT molecular complexity index is 1610. The molecule has 0 bridgehead atoms. The van der Waals surface area contributed by atoms with Crippen molar-refractivity contribution in [3.05, 3.63) is 121 Å². The van der Waals surface area contributed by atoms with Crippen LogP contribution in [0, 0.1) is 5.41 Å². The van der Waals surface area contributed by atoms with Gasteiger partial charge in [-0.2, -0.15) is 0 Å². The summed E-state index contributed by atoms with van der Waals surface area (Å²) in [5, 5.41) is 9.87. The molecule has 0 radical (unpaired) electrons. The molecule has 1 heterocycles. The fourth-order valence-electron chi connectivity index (χ4n) is 4.60. The quantitative estimate of drug-likeness (QED) is 0.283. The molecule has 5 aromatic carbocycles. The molecule has 0 aliphatic rings. The highest BCUT2D eigenvalue weighted by atomic mass is 16.3. The minimum Gasteiger partial charge on any atom is -0.456 e. The van der Waals surface area contributed by atoms with E-state index in [0.29, 0.717) is 0 Å². The predicted molar refractivity (Wildman–Crippen MR) is 138 cm³/mol. The number of hydrogen-bond donors (Lipinski definition) is 1. The zero-order valence-electron chi connectivity index (χ0n) is 18.0. The molecule has 0 saturated carbocycles. The van der Waals surface area contributed by atoms with Gasteiger partial charge >= 0.3 is 0 Å². The Hall–Kier alpha value is -4.43. The molecule has 0 spiro atoms. The van der Waals surface area contributed by atoms with E-state index in [1.54, 1.807) is 0 Å². The number of furan rings is 1. The predicted octanol–water partition coefficient (Wildman–Crippen LogP) is 8.58. The van der Waals surface area contributed by atoms with Gasteiger partial charge in [-0.25, -0.2) is 0 Å². The van der Waals surface area contributed by atoms with Crippen LogP contribution in [0.4, 0.5) is 0 Å². The summed E-state index contributed by atoms with van der Waals surface area (Å²) in [5.74, 6) is 0. The van der Waals surface area contributed by atoms with Crippen molar-refractivity contribution in [1.29, 1.82) is 5.41 Å². The highest BCUT2D eigenvalue weighted by molar-refractivity contribution is 6.13. The fourth-order valence-corrected chi connectivity index (χ4v) is 4.60. The van der Waals surface area contributed by atoms with Crippen LogP contribution in [-0.4, -0.2) is 6.21 Å². The minimum atomic E-state index is 0.811. The van der Waals surface area contributed by atoms with Gasteiger partial charge in [-0.15, -0.1) is 0 Å². The summed E-state index contributed by atoms with van der Waals surface area (Å²) in [4.78, 5) is 0. The average molecular weight is 424 g/mol. The smallest absolute Gasteiger partial charge is 0.136 e. The Morgan fingerprint density at radius 1 is 0.515 bits per heavy atom. The van der Waals surface area contributed by atoms with Crippen molar-refractivity contribution in [2.24, 2.45) is 0 Å². The van der Waals surface area contributed by atoms with Gasteiger partial charge < -0.3 is 9.83 Å². The molecular weight excluding hydrogens is 402 g/mol. The summed E-state index contributed by atoms with van der Waals surface area (Å²) in [6.45, 7) is 0. The maximum absolute atomic E-state index is 7.84. The van der Waals surface area contributed by atoms with Crippen LogP contribution < -0.4 is 0 Å². The number of hydrogen-bond acceptors (Lipinski definition) is 2. The molecule has 2 nitrogen and oxygen atoms in total. The lowest BCUT2D eigenvalue weighted by molar-refractivity contribution is 0.669. The number of benzene rings is 5. The summed E-state index contributed by atoms with van der Waals surface area (Å²) in [7, 11) is 0. The molecule has 0 aliphatic carbocycles. The van der Waals surface area contributed by atoms with Gasteiger partial charge in [0.2, 0.25) is 0 Å². The van der Waals surface area contributed by atoms with Crippen LogP contribution in [0.5, 0.6) is 0 Å². The molecule has 0 fully saturated rings. The highest BCUT2D eigenvalue weighted by Crippen LogP contribution is 2.39. The normalized spacial score (nSPS) is 11.2. The summed E-state index contributed by atoms with van der Waals surface area (Å²) >= 11 is 0. The molecule has 6 rings (SSSR count). The summed E-state index contributed by atoms with van der Waals surface area (Å²) < 4.78 is 6.07. The number of fused-ring (bicyclic) bond motifs is 3. The van der Waals surface area contributed by atoms with Crippen molar-refractivity contribution in [3.8, 4) is 33.4 Å². The standard InChI is InChI=1S/C31H21NO/c32-20-25-12-7-13-30-31(25)28-19-24(15-17-29(28)33-30)26-16-14-23(21-8-3-1-4-9-21)18-27(26)22-10-5-2-6-11-22/h1-20,32H. The fraction of sp³-hybridized carbons (Fsp3) is 0. The van der Waals surface area contributed by atoms with Crippen LogP contribution in [0.15, 0.2) is 120 Å². The highest BCUT2D eigenvalue weighted by Gasteiger charge is 2.14. The third-order valence-corrected chi connectivity index (χ3v) is 6.21. The van der Waals surface area contributed by atoms with Gasteiger partial charge in [0.15, 0.2) is 0 Å². The van der Waals surface area contributed by atoms with Crippen LogP contribution >= 0.6 is 0 Å². The molecule has 33 heavy (non-hydrogen) atoms. The van der Waals surface area contributed by atoms with E-state index in [-0.39, 0.29) is 0 Å². The van der Waals surface area contributed by atoms with E-state index in [1.807, 2.05) is 36.4 Å². The lowest BCUT2D eigenvalue weighted by Crippen LogP contribution is -1.88. The third kappa shape index (κ3) is 3.33. The van der Waals surface area contributed by atoms with Gasteiger partial charge in [0, 0.05) is 22.6 Å². The van der Waals surface area contributed by atoms with E-state index in [1.165, 1.54) is 34.0 Å². The van der Waals surface area contributed by atoms with Crippen LogP contribution in [-0.2, 0) is 0 Å². The van der Waals surface area contributed by atoms with E-state index in [4.69, 9.17) is 9.83 Å². The first-order valence-corrected chi connectivity index (χ1v) is 11.0. The van der Waals surface area contributed by atoms with Crippen LogP contribution in [0.1, 0.15) is 5.56 Å². The van der Waals surface area contributed by atoms with Gasteiger partial charge in [0.25, 0.3) is 0 Å². The lowest BCUT2D eigenvalue weighted by Gasteiger charge is -2.13. The van der Waals surface area contributed by atoms with Crippen LogP contribution in [0.25, 0.3) is 55.3 Å². The van der Waals surface area contributed by atoms with Gasteiger partial charge in [0.1, 0.15) is 11.2 Å². The Morgan fingerprint density at radius 3 is 2.00 bits per heavy atom. The number of nitrogens with one attached hydrogen (secondary N) is 1. The molecule has 0 unspecified atom stereocenters. The monoisotopic (exact) mass is 423 g/mol. The topological polar surface area (TPSA) is 37.0 Å². The molecule has 0 saturated heterocycles. The molecule has 0 atom stereocenters. The minimum absolute atomic E-state index is 0.811. The lowest BCUT2D eigenvalue weighted by atomic mass is 9.90. The van der Waals surface area contributed by atoms with Crippen LogP contribution in [0.2, 0.25) is 0 Å². The second-order valence-electron chi connectivity index (χ2n) is 8.17. The van der Waals surface area contributed by atoms with Gasteiger partial charge in [-0.05, 0) is 57.6 Å². The third-order valence-electron chi connectivity index (χ3n) is 6.21. The maximum atomic E-state index is 7.84. The Labute approximate surface area is 192 Å². The summed E-state index contributed by atoms with van der Waals surface area (Å²) in [6.07, 6.45) is 1.40. The molecule has 1 N–H and O–H groups in total. The van der Waals surface area contributed by atoms with E-state index >= 15 is 0 Å². The van der Waals surface area contributed by atoms with E-state index in [2.05, 4.69) is 78.9 Å². The van der Waals surface area contributed by atoms with Crippen molar-refractivity contribution in [1.82, 2.24) is 0 Å². The zero-order valence-corrected chi connectivity index (χ0v) is 18.0. The molecule has 2 heteroatoms. The molecule has 0 aliphatic heterocycles. The molecule has 0 amide bonds. The van der Waals surface area contributed by atoms with Gasteiger partial charge in [-0.1, -0.05) is 91.0 Å². The first kappa shape index (κ1) is 19.3. The maximum Gasteiger partial charge on any atom is 0.136 e. The van der Waals surface area contributed by atoms with Gasteiger partial charge in [-0.3, -0.25) is 0 Å². The number of rotatable bonds is 4. The molecule has 6 aromatic rings. The molecule has 156 valence electrons. The second kappa shape index (κ2) is 7.92. The summed E-state index contributed by atoms with van der Waals surface area (Å²) in [6, 6.07) is 39.9. The first-order chi connectivity index (χ1) is 16.3. The van der Waals surface area contributed by atoms with Crippen molar-refractivity contribution in [2.75, 3.05) is 0 Å². The second-order valence-corrected chi connectivity index (χ2v) is 8.17. The van der Waals surface area contributed by atoms with Crippen molar-refractivity contribution >= 4 is 28.2 Å².